The molecule has 0 atom stereocenters. The molecule has 0 aliphatic carbocycles. The van der Waals surface area contributed by atoms with E-state index in [-0.39, 0.29) is 17.1 Å². The molecule has 1 aliphatic rings. The Morgan fingerprint density at radius 2 is 1.69 bits per heavy atom. The number of nitrogens with one attached hydrogen (secondary N) is 1. The number of imide groups is 1. The number of aromatic hydroxyl groups is 1. The minimum absolute atomic E-state index is 0.106. The van der Waals surface area contributed by atoms with Crippen LogP contribution < -0.4 is 10.2 Å². The number of halogens is 1. The van der Waals surface area contributed by atoms with Crippen LogP contribution in [0.15, 0.2) is 53.0 Å². The number of hydrogen-bond acceptors (Lipinski definition) is 5. The van der Waals surface area contributed by atoms with E-state index in [9.17, 15) is 14.7 Å². The average Bonchev–Trinajstić information content (AvgIpc) is 3.02. The van der Waals surface area contributed by atoms with E-state index in [0.717, 1.165) is 10.2 Å². The summed E-state index contributed by atoms with van der Waals surface area (Å²) in [5.74, 6) is -0.581. The van der Waals surface area contributed by atoms with Crippen LogP contribution in [0.2, 0.25) is 0 Å². The van der Waals surface area contributed by atoms with Crippen molar-refractivity contribution in [2.45, 2.75) is 0 Å². The summed E-state index contributed by atoms with van der Waals surface area (Å²) >= 11 is 3.40. The van der Waals surface area contributed by atoms with Gasteiger partial charge in [-0.3, -0.25) is 14.9 Å². The van der Waals surface area contributed by atoms with E-state index in [1.807, 2.05) is 38.4 Å². The van der Waals surface area contributed by atoms with Gasteiger partial charge < -0.3 is 10.0 Å². The van der Waals surface area contributed by atoms with Crippen molar-refractivity contribution < 1.29 is 14.7 Å². The highest BCUT2D eigenvalue weighted by atomic mass is 79.9. The van der Waals surface area contributed by atoms with Gasteiger partial charge in [-0.15, -0.1) is 0 Å². The molecule has 2 aromatic carbocycles. The molecule has 4 rings (SSSR count). The summed E-state index contributed by atoms with van der Waals surface area (Å²) in [7, 11) is 3.63. The van der Waals surface area contributed by atoms with Crippen molar-refractivity contribution in [2.75, 3.05) is 19.0 Å². The molecule has 0 spiro atoms. The Labute approximate surface area is 175 Å². The van der Waals surface area contributed by atoms with Crippen molar-refractivity contribution in [3.8, 4) is 11.6 Å². The molecule has 0 saturated heterocycles. The fourth-order valence-electron chi connectivity index (χ4n) is 3.20. The molecule has 0 bridgehead atoms. The maximum atomic E-state index is 12.5. The molecule has 2 amide bonds. The monoisotopic (exact) mass is 452 g/mol. The molecule has 7 nitrogen and oxygen atoms in total. The van der Waals surface area contributed by atoms with Crippen LogP contribution in [0.25, 0.3) is 17.3 Å². The van der Waals surface area contributed by atoms with E-state index < -0.39 is 11.8 Å². The van der Waals surface area contributed by atoms with Crippen molar-refractivity contribution in [1.82, 2.24) is 14.9 Å². The average molecular weight is 453 g/mol. The lowest BCUT2D eigenvalue weighted by Gasteiger charge is -2.17. The van der Waals surface area contributed by atoms with Gasteiger partial charge in [0.15, 0.2) is 0 Å². The molecule has 2 N–H and O–H groups in total. The van der Waals surface area contributed by atoms with Crippen LogP contribution in [-0.2, 0) is 4.79 Å². The lowest BCUT2D eigenvalue weighted by atomic mass is 9.94. The second kappa shape index (κ2) is 7.21. The predicted molar refractivity (Wildman–Crippen MR) is 114 cm³/mol. The van der Waals surface area contributed by atoms with Gasteiger partial charge in [0.1, 0.15) is 5.69 Å². The molecular weight excluding hydrogens is 436 g/mol. The van der Waals surface area contributed by atoms with Crippen LogP contribution in [0.1, 0.15) is 21.6 Å². The number of fused-ring (bicyclic) bond motifs is 1. The Morgan fingerprint density at radius 3 is 2.34 bits per heavy atom. The summed E-state index contributed by atoms with van der Waals surface area (Å²) in [4.78, 5) is 30.8. The highest BCUT2D eigenvalue weighted by molar-refractivity contribution is 9.10. The first-order valence-electron chi connectivity index (χ1n) is 8.78. The number of rotatable bonds is 3. The van der Waals surface area contributed by atoms with Gasteiger partial charge in [-0.05, 0) is 36.4 Å². The number of amides is 2. The summed E-state index contributed by atoms with van der Waals surface area (Å²) in [6, 6.07) is 14.3. The Morgan fingerprint density at radius 1 is 1.03 bits per heavy atom. The van der Waals surface area contributed by atoms with Crippen LogP contribution in [0, 0.1) is 0 Å². The van der Waals surface area contributed by atoms with E-state index in [1.165, 1.54) is 6.08 Å². The van der Waals surface area contributed by atoms with E-state index in [2.05, 4.69) is 26.2 Å². The van der Waals surface area contributed by atoms with Gasteiger partial charge in [-0.1, -0.05) is 34.1 Å². The first kappa shape index (κ1) is 18.9. The van der Waals surface area contributed by atoms with Crippen molar-refractivity contribution in [3.05, 3.63) is 69.8 Å². The fraction of sp³-hybridized carbons (Fsp3) is 0.0952. The Hall–Kier alpha value is -3.39. The third-order valence-electron chi connectivity index (χ3n) is 4.56. The quantitative estimate of drug-likeness (QED) is 0.470. The smallest absolute Gasteiger partial charge is 0.258 e. The molecule has 1 aliphatic heterocycles. The van der Waals surface area contributed by atoms with Gasteiger partial charge in [-0.25, -0.2) is 9.55 Å². The van der Waals surface area contributed by atoms with Crippen LogP contribution in [0.4, 0.5) is 5.95 Å². The molecule has 0 saturated carbocycles. The van der Waals surface area contributed by atoms with Crippen molar-refractivity contribution >= 4 is 45.3 Å². The zero-order valence-corrected chi connectivity index (χ0v) is 17.3. The standard InChI is InChI=1S/C21H17BrN4O3/c1-25(2)21-23-17(20(29)26(21)13-9-7-12(22)8-10-13)11-16-14-5-3-4-6-15(14)18(27)24-19(16)28/h3-11,29H,1-2H3,(H,24,27,28). The summed E-state index contributed by atoms with van der Waals surface area (Å²) in [6.07, 6.45) is 1.50. The predicted octanol–water partition coefficient (Wildman–Crippen LogP) is 3.22. The number of imidazole rings is 1. The number of benzene rings is 2. The SMILES string of the molecule is CN(C)c1nc(C=C2C(=O)NC(=O)c3ccccc32)c(O)n1-c1ccc(Br)cc1. The van der Waals surface area contributed by atoms with Gasteiger partial charge in [-0.2, -0.15) is 0 Å². The molecule has 0 radical (unpaired) electrons. The van der Waals surface area contributed by atoms with Gasteiger partial charge in [0, 0.05) is 29.7 Å². The zero-order valence-electron chi connectivity index (χ0n) is 15.7. The second-order valence-corrected chi connectivity index (χ2v) is 7.63. The highest BCUT2D eigenvalue weighted by Crippen LogP contribution is 2.33. The van der Waals surface area contributed by atoms with Gasteiger partial charge in [0.05, 0.1) is 11.3 Å². The minimum atomic E-state index is -0.530. The largest absolute Gasteiger partial charge is 0.493 e. The van der Waals surface area contributed by atoms with Crippen LogP contribution >= 0.6 is 15.9 Å². The number of anilines is 1. The van der Waals surface area contributed by atoms with E-state index in [0.29, 0.717) is 17.1 Å². The van der Waals surface area contributed by atoms with Crippen LogP contribution in [-0.4, -0.2) is 40.6 Å². The molecule has 2 heterocycles. The lowest BCUT2D eigenvalue weighted by Crippen LogP contribution is -2.36. The van der Waals surface area contributed by atoms with E-state index in [4.69, 9.17) is 0 Å². The molecule has 0 fully saturated rings. The maximum Gasteiger partial charge on any atom is 0.258 e. The molecule has 1 aromatic heterocycles. The first-order chi connectivity index (χ1) is 13.9. The lowest BCUT2D eigenvalue weighted by molar-refractivity contribution is -0.114. The van der Waals surface area contributed by atoms with Crippen molar-refractivity contribution in [1.29, 1.82) is 0 Å². The Bertz CT molecular complexity index is 1160. The summed E-state index contributed by atoms with van der Waals surface area (Å²) in [5.41, 5.74) is 2.12. The molecular formula is C21H17BrN4O3. The van der Waals surface area contributed by atoms with Crippen LogP contribution in [0.3, 0.4) is 0 Å². The van der Waals surface area contributed by atoms with Gasteiger partial charge in [0.2, 0.25) is 11.8 Å². The third kappa shape index (κ3) is 3.31. The highest BCUT2D eigenvalue weighted by Gasteiger charge is 2.28. The maximum absolute atomic E-state index is 12.5. The number of carbonyl (C=O) groups is 2. The molecule has 146 valence electrons. The zero-order chi connectivity index (χ0) is 20.7. The molecule has 3 aromatic rings. The minimum Gasteiger partial charge on any atom is -0.493 e. The van der Waals surface area contributed by atoms with E-state index >= 15 is 0 Å². The van der Waals surface area contributed by atoms with Crippen molar-refractivity contribution in [2.24, 2.45) is 0 Å². The number of carbonyl (C=O) groups excluding carboxylic acids is 2. The Kier molecular flexibility index (Phi) is 4.71. The van der Waals surface area contributed by atoms with Crippen molar-refractivity contribution in [3.63, 3.8) is 0 Å². The summed E-state index contributed by atoms with van der Waals surface area (Å²) in [6.45, 7) is 0. The Balaban J connectivity index is 1.90. The van der Waals surface area contributed by atoms with Crippen LogP contribution in [0.5, 0.6) is 5.88 Å². The number of aromatic nitrogens is 2. The molecule has 29 heavy (non-hydrogen) atoms. The summed E-state index contributed by atoms with van der Waals surface area (Å²) in [5, 5.41) is 13.2. The normalized spacial score (nSPS) is 14.7. The number of hydrogen-bond donors (Lipinski definition) is 2. The first-order valence-corrected chi connectivity index (χ1v) is 9.58. The second-order valence-electron chi connectivity index (χ2n) is 6.71. The van der Waals surface area contributed by atoms with Gasteiger partial charge >= 0.3 is 0 Å². The topological polar surface area (TPSA) is 87.5 Å². The molecule has 0 unspecified atom stereocenters. The fourth-order valence-corrected chi connectivity index (χ4v) is 3.46. The third-order valence-corrected chi connectivity index (χ3v) is 5.09. The summed E-state index contributed by atoms with van der Waals surface area (Å²) < 4.78 is 2.51. The number of nitrogens with zero attached hydrogens (tertiary/aromatic N) is 3. The molecule has 8 heteroatoms. The van der Waals surface area contributed by atoms with E-state index in [1.54, 1.807) is 33.7 Å². The van der Waals surface area contributed by atoms with Gasteiger partial charge in [0.25, 0.3) is 11.8 Å².